The number of fused-ring (bicyclic) bond motifs is 3. The Morgan fingerprint density at radius 2 is 1.84 bits per heavy atom. The molecule has 0 saturated carbocycles. The average molecular weight is 447 g/mol. The molecular weight excluding hydrogens is 424 g/mol. The number of aromatic nitrogens is 6. The predicted octanol–water partition coefficient (Wildman–Crippen LogP) is 4.22. The van der Waals surface area contributed by atoms with Crippen molar-refractivity contribution in [3.05, 3.63) is 76.2 Å². The van der Waals surface area contributed by atoms with Crippen molar-refractivity contribution in [1.29, 1.82) is 0 Å². The van der Waals surface area contributed by atoms with Gasteiger partial charge in [0.05, 0.1) is 22.3 Å². The molecule has 3 aromatic heterocycles. The summed E-state index contributed by atoms with van der Waals surface area (Å²) < 4.78 is 8.90. The van der Waals surface area contributed by atoms with Crippen LogP contribution in [0.1, 0.15) is 31.1 Å². The van der Waals surface area contributed by atoms with Gasteiger partial charge >= 0.3 is 0 Å². The first-order chi connectivity index (χ1) is 15.5. The van der Waals surface area contributed by atoms with Gasteiger partial charge in [-0.25, -0.2) is 4.57 Å². The van der Waals surface area contributed by atoms with Crippen molar-refractivity contribution in [3.63, 3.8) is 0 Å². The highest BCUT2D eigenvalue weighted by Gasteiger charge is 2.19. The Labute approximate surface area is 188 Å². The van der Waals surface area contributed by atoms with Crippen LogP contribution in [-0.4, -0.2) is 29.3 Å². The van der Waals surface area contributed by atoms with E-state index in [0.29, 0.717) is 39.7 Å². The van der Waals surface area contributed by atoms with Crippen LogP contribution < -0.4 is 5.56 Å². The molecule has 0 aliphatic rings. The molecule has 0 amide bonds. The third-order valence-electron chi connectivity index (χ3n) is 5.11. The summed E-state index contributed by atoms with van der Waals surface area (Å²) in [7, 11) is 0. The van der Waals surface area contributed by atoms with Gasteiger partial charge in [-0.05, 0) is 37.1 Å². The Morgan fingerprint density at radius 1 is 1.06 bits per heavy atom. The van der Waals surface area contributed by atoms with E-state index in [0.717, 1.165) is 23.2 Å². The Balaban J connectivity index is 1.60. The van der Waals surface area contributed by atoms with Gasteiger partial charge in [0.1, 0.15) is 0 Å². The van der Waals surface area contributed by atoms with Gasteiger partial charge in [-0.2, -0.15) is 4.98 Å². The molecule has 162 valence electrons. The lowest BCUT2D eigenvalue weighted by Crippen LogP contribution is -2.21. The maximum Gasteiger partial charge on any atom is 0.267 e. The summed E-state index contributed by atoms with van der Waals surface area (Å²) in [5.74, 6) is 2.63. The molecule has 0 unspecified atom stereocenters. The maximum atomic E-state index is 13.3. The Morgan fingerprint density at radius 3 is 2.62 bits per heavy atom. The SMILES string of the molecule is Cc1ccc(-n2c(=O)c3ccccc3n3c(SCc4nc(CC(C)C)no4)nnc23)cc1. The highest BCUT2D eigenvalue weighted by molar-refractivity contribution is 7.98. The van der Waals surface area contributed by atoms with E-state index >= 15 is 0 Å². The number of nitrogens with zero attached hydrogens (tertiary/aromatic N) is 6. The minimum Gasteiger partial charge on any atom is -0.338 e. The lowest BCUT2D eigenvalue weighted by molar-refractivity contribution is 0.382. The van der Waals surface area contributed by atoms with Gasteiger partial charge in [0.25, 0.3) is 5.56 Å². The van der Waals surface area contributed by atoms with E-state index in [4.69, 9.17) is 4.52 Å². The molecule has 3 heterocycles. The first-order valence-electron chi connectivity index (χ1n) is 10.4. The van der Waals surface area contributed by atoms with Gasteiger partial charge in [0, 0.05) is 6.42 Å². The quantitative estimate of drug-likeness (QED) is 0.361. The number of hydrogen-bond donors (Lipinski definition) is 0. The van der Waals surface area contributed by atoms with E-state index in [1.165, 1.54) is 11.8 Å². The molecule has 5 rings (SSSR count). The molecule has 0 fully saturated rings. The summed E-state index contributed by atoms with van der Waals surface area (Å²) in [5, 5.41) is 14.1. The fraction of sp³-hybridized carbons (Fsp3) is 0.261. The van der Waals surface area contributed by atoms with Crippen molar-refractivity contribution in [2.45, 2.75) is 38.1 Å². The molecule has 0 atom stereocenters. The molecule has 0 aliphatic heterocycles. The van der Waals surface area contributed by atoms with Gasteiger partial charge in [-0.3, -0.25) is 9.20 Å². The fourth-order valence-corrected chi connectivity index (χ4v) is 4.40. The van der Waals surface area contributed by atoms with Crippen LogP contribution in [0.4, 0.5) is 0 Å². The second-order valence-corrected chi connectivity index (χ2v) is 9.04. The minimum atomic E-state index is -0.129. The molecule has 0 aliphatic carbocycles. The zero-order chi connectivity index (χ0) is 22.2. The van der Waals surface area contributed by atoms with Crippen molar-refractivity contribution in [3.8, 4) is 5.69 Å². The second kappa shape index (κ2) is 8.23. The van der Waals surface area contributed by atoms with Crippen LogP contribution in [0.15, 0.2) is 63.0 Å². The molecule has 2 aromatic carbocycles. The number of rotatable bonds is 6. The number of thioether (sulfide) groups is 1. The van der Waals surface area contributed by atoms with E-state index in [2.05, 4.69) is 34.2 Å². The monoisotopic (exact) mass is 446 g/mol. The third-order valence-corrected chi connectivity index (χ3v) is 6.03. The van der Waals surface area contributed by atoms with E-state index in [1.807, 2.05) is 59.9 Å². The van der Waals surface area contributed by atoms with Crippen LogP contribution in [0.25, 0.3) is 22.4 Å². The van der Waals surface area contributed by atoms with Crippen molar-refractivity contribution in [2.75, 3.05) is 0 Å². The largest absolute Gasteiger partial charge is 0.338 e. The van der Waals surface area contributed by atoms with Crippen LogP contribution in [0.2, 0.25) is 0 Å². The molecule has 0 N–H and O–H groups in total. The molecule has 0 spiro atoms. The summed E-state index contributed by atoms with van der Waals surface area (Å²) in [6.07, 6.45) is 0.773. The highest BCUT2D eigenvalue weighted by Crippen LogP contribution is 2.25. The van der Waals surface area contributed by atoms with Crippen LogP contribution >= 0.6 is 11.8 Å². The zero-order valence-corrected chi connectivity index (χ0v) is 18.8. The minimum absolute atomic E-state index is 0.129. The van der Waals surface area contributed by atoms with E-state index < -0.39 is 0 Å². The molecule has 0 saturated heterocycles. The van der Waals surface area contributed by atoms with Gasteiger partial charge in [-0.1, -0.05) is 60.6 Å². The lowest BCUT2D eigenvalue weighted by atomic mass is 10.1. The summed E-state index contributed by atoms with van der Waals surface area (Å²) in [5.41, 5.74) is 2.49. The Bertz CT molecular complexity index is 1470. The molecule has 0 bridgehead atoms. The molecule has 8 nitrogen and oxygen atoms in total. The van der Waals surface area contributed by atoms with E-state index in [9.17, 15) is 4.79 Å². The number of benzene rings is 2. The fourth-order valence-electron chi connectivity index (χ4n) is 3.62. The predicted molar refractivity (Wildman–Crippen MR) is 123 cm³/mol. The van der Waals surface area contributed by atoms with Crippen LogP contribution in [0.3, 0.4) is 0 Å². The Kier molecular flexibility index (Phi) is 5.26. The molecular formula is C23H22N6O2S. The van der Waals surface area contributed by atoms with Gasteiger partial charge in [0.15, 0.2) is 11.0 Å². The zero-order valence-electron chi connectivity index (χ0n) is 18.0. The summed E-state index contributed by atoms with van der Waals surface area (Å²) in [6, 6.07) is 15.3. The van der Waals surface area contributed by atoms with E-state index in [-0.39, 0.29) is 5.56 Å². The summed E-state index contributed by atoms with van der Waals surface area (Å²) in [4.78, 5) is 17.8. The molecule has 9 heteroatoms. The van der Waals surface area contributed by atoms with Crippen molar-refractivity contribution >= 4 is 28.4 Å². The van der Waals surface area contributed by atoms with Crippen molar-refractivity contribution < 1.29 is 4.52 Å². The third kappa shape index (κ3) is 3.69. The topological polar surface area (TPSA) is 91.1 Å². The normalized spacial score (nSPS) is 11.8. The van der Waals surface area contributed by atoms with Crippen molar-refractivity contribution in [2.24, 2.45) is 5.92 Å². The van der Waals surface area contributed by atoms with Crippen molar-refractivity contribution in [1.82, 2.24) is 29.3 Å². The first kappa shape index (κ1) is 20.4. The van der Waals surface area contributed by atoms with Gasteiger partial charge < -0.3 is 4.52 Å². The van der Waals surface area contributed by atoms with Crippen LogP contribution in [0, 0.1) is 12.8 Å². The van der Waals surface area contributed by atoms with Gasteiger partial charge in [-0.15, -0.1) is 10.2 Å². The average Bonchev–Trinajstić information content (AvgIpc) is 3.40. The molecule has 5 aromatic rings. The molecule has 32 heavy (non-hydrogen) atoms. The number of aryl methyl sites for hydroxylation is 1. The van der Waals surface area contributed by atoms with Gasteiger partial charge in [0.2, 0.25) is 11.7 Å². The molecule has 0 radical (unpaired) electrons. The summed E-state index contributed by atoms with van der Waals surface area (Å²) in [6.45, 7) is 6.25. The second-order valence-electron chi connectivity index (χ2n) is 8.10. The highest BCUT2D eigenvalue weighted by atomic mass is 32.2. The first-order valence-corrected chi connectivity index (χ1v) is 11.4. The Hall–Kier alpha value is -3.46. The smallest absolute Gasteiger partial charge is 0.267 e. The standard InChI is InChI=1S/C23H22N6O2S/c1-14(2)12-19-24-20(31-27-19)13-32-23-26-25-22-28(16-10-8-15(3)9-11-16)21(30)17-6-4-5-7-18(17)29(22)23/h4-11,14H,12-13H2,1-3H3. The van der Waals surface area contributed by atoms with E-state index in [1.54, 1.807) is 4.57 Å². The number of para-hydroxylation sites is 1. The number of hydrogen-bond acceptors (Lipinski definition) is 7. The summed E-state index contributed by atoms with van der Waals surface area (Å²) >= 11 is 1.45. The van der Waals surface area contributed by atoms with Crippen LogP contribution in [-0.2, 0) is 12.2 Å². The van der Waals surface area contributed by atoms with Crippen LogP contribution in [0.5, 0.6) is 0 Å². The maximum absolute atomic E-state index is 13.3. The lowest BCUT2D eigenvalue weighted by Gasteiger charge is -2.11.